The summed E-state index contributed by atoms with van der Waals surface area (Å²) in [6.07, 6.45) is 2.23. The third-order valence-electron chi connectivity index (χ3n) is 4.63. The van der Waals surface area contributed by atoms with Crippen molar-refractivity contribution in [3.63, 3.8) is 0 Å². The number of amides is 1. The molecule has 3 heteroatoms. The fourth-order valence-corrected chi connectivity index (χ4v) is 2.80. The van der Waals surface area contributed by atoms with Crippen molar-refractivity contribution in [3.8, 4) is 0 Å². The zero-order valence-corrected chi connectivity index (χ0v) is 12.0. The topological polar surface area (TPSA) is 55.1 Å². The SMILES string of the molecule is CC1CCC(NC(=O)C(C)(N)c2ccccc2)C1C. The largest absolute Gasteiger partial charge is 0.351 e. The molecule has 104 valence electrons. The fourth-order valence-electron chi connectivity index (χ4n) is 2.80. The van der Waals surface area contributed by atoms with E-state index >= 15 is 0 Å². The molecule has 1 saturated carbocycles. The molecule has 1 aliphatic rings. The van der Waals surface area contributed by atoms with E-state index < -0.39 is 5.54 Å². The second kappa shape index (κ2) is 5.33. The minimum absolute atomic E-state index is 0.0790. The van der Waals surface area contributed by atoms with Gasteiger partial charge in [0.2, 0.25) is 5.91 Å². The molecule has 4 atom stereocenters. The van der Waals surface area contributed by atoms with Crippen LogP contribution in [-0.4, -0.2) is 11.9 Å². The summed E-state index contributed by atoms with van der Waals surface area (Å²) >= 11 is 0. The Bertz CT molecular complexity index is 441. The van der Waals surface area contributed by atoms with Gasteiger partial charge in [0.15, 0.2) is 0 Å². The minimum Gasteiger partial charge on any atom is -0.351 e. The molecule has 3 N–H and O–H groups in total. The zero-order chi connectivity index (χ0) is 14.0. The molecule has 19 heavy (non-hydrogen) atoms. The van der Waals surface area contributed by atoms with Crippen LogP contribution in [0.5, 0.6) is 0 Å². The Morgan fingerprint density at radius 1 is 1.26 bits per heavy atom. The Hall–Kier alpha value is -1.35. The highest BCUT2D eigenvalue weighted by Gasteiger charge is 2.36. The smallest absolute Gasteiger partial charge is 0.244 e. The summed E-state index contributed by atoms with van der Waals surface area (Å²) < 4.78 is 0. The monoisotopic (exact) mass is 260 g/mol. The van der Waals surface area contributed by atoms with Gasteiger partial charge in [0.1, 0.15) is 5.54 Å². The van der Waals surface area contributed by atoms with Crippen LogP contribution in [0.25, 0.3) is 0 Å². The van der Waals surface area contributed by atoms with E-state index in [1.165, 1.54) is 6.42 Å². The van der Waals surface area contributed by atoms with Crippen molar-refractivity contribution in [1.29, 1.82) is 0 Å². The minimum atomic E-state index is -0.965. The summed E-state index contributed by atoms with van der Waals surface area (Å²) in [4.78, 5) is 12.4. The van der Waals surface area contributed by atoms with Crippen molar-refractivity contribution in [2.24, 2.45) is 17.6 Å². The second-order valence-corrected chi connectivity index (χ2v) is 6.06. The van der Waals surface area contributed by atoms with Crippen molar-refractivity contribution in [1.82, 2.24) is 5.32 Å². The van der Waals surface area contributed by atoms with Gasteiger partial charge >= 0.3 is 0 Å². The lowest BCUT2D eigenvalue weighted by molar-refractivity contribution is -0.127. The van der Waals surface area contributed by atoms with Gasteiger partial charge in [0.05, 0.1) is 0 Å². The third-order valence-corrected chi connectivity index (χ3v) is 4.63. The molecule has 3 nitrogen and oxygen atoms in total. The standard InChI is InChI=1S/C16H24N2O/c1-11-9-10-14(12(11)2)18-15(19)16(3,17)13-7-5-4-6-8-13/h4-8,11-12,14H,9-10,17H2,1-3H3,(H,18,19). The molecule has 1 aliphatic carbocycles. The predicted molar refractivity (Wildman–Crippen MR) is 77.5 cm³/mol. The summed E-state index contributed by atoms with van der Waals surface area (Å²) in [5, 5.41) is 3.13. The van der Waals surface area contributed by atoms with Gasteiger partial charge in [0, 0.05) is 6.04 Å². The van der Waals surface area contributed by atoms with Gasteiger partial charge < -0.3 is 11.1 Å². The molecule has 1 aromatic carbocycles. The van der Waals surface area contributed by atoms with Gasteiger partial charge in [-0.05, 0) is 37.2 Å². The molecule has 4 unspecified atom stereocenters. The maximum absolute atomic E-state index is 12.4. The molecule has 0 spiro atoms. The second-order valence-electron chi connectivity index (χ2n) is 6.06. The molecule has 0 aliphatic heterocycles. The molecule has 0 bridgehead atoms. The van der Waals surface area contributed by atoms with E-state index in [1.54, 1.807) is 6.92 Å². The average molecular weight is 260 g/mol. The first-order chi connectivity index (χ1) is 8.93. The summed E-state index contributed by atoms with van der Waals surface area (Å²) in [6, 6.07) is 9.81. The van der Waals surface area contributed by atoms with Crippen molar-refractivity contribution in [3.05, 3.63) is 35.9 Å². The molecule has 0 aromatic heterocycles. The number of nitrogens with one attached hydrogen (secondary N) is 1. The molecule has 0 radical (unpaired) electrons. The van der Waals surface area contributed by atoms with Crippen LogP contribution in [0, 0.1) is 11.8 Å². The molecular formula is C16H24N2O. The Morgan fingerprint density at radius 3 is 2.42 bits per heavy atom. The first-order valence-electron chi connectivity index (χ1n) is 7.08. The number of nitrogens with two attached hydrogens (primary N) is 1. The van der Waals surface area contributed by atoms with Gasteiger partial charge in [-0.1, -0.05) is 44.2 Å². The Labute approximate surface area is 115 Å². The quantitative estimate of drug-likeness (QED) is 0.877. The highest BCUT2D eigenvalue weighted by atomic mass is 16.2. The van der Waals surface area contributed by atoms with Crippen molar-refractivity contribution >= 4 is 5.91 Å². The molecule has 0 heterocycles. The number of benzene rings is 1. The molecular weight excluding hydrogens is 236 g/mol. The maximum atomic E-state index is 12.4. The predicted octanol–water partition coefficient (Wildman–Crippen LogP) is 2.41. The van der Waals surface area contributed by atoms with Crippen LogP contribution >= 0.6 is 0 Å². The summed E-state index contributed by atoms with van der Waals surface area (Å²) in [7, 11) is 0. The summed E-state index contributed by atoms with van der Waals surface area (Å²) in [6.45, 7) is 6.23. The van der Waals surface area contributed by atoms with E-state index in [4.69, 9.17) is 5.73 Å². The van der Waals surface area contributed by atoms with E-state index in [1.807, 2.05) is 30.3 Å². The van der Waals surface area contributed by atoms with Gasteiger partial charge in [-0.15, -0.1) is 0 Å². The maximum Gasteiger partial charge on any atom is 0.244 e. The van der Waals surface area contributed by atoms with Gasteiger partial charge in [-0.3, -0.25) is 4.79 Å². The number of hydrogen-bond acceptors (Lipinski definition) is 2. The van der Waals surface area contributed by atoms with Crippen molar-refractivity contribution in [2.45, 2.75) is 45.2 Å². The number of carbonyl (C=O) groups is 1. The lowest BCUT2D eigenvalue weighted by Crippen LogP contribution is -2.52. The van der Waals surface area contributed by atoms with Crippen molar-refractivity contribution in [2.75, 3.05) is 0 Å². The number of rotatable bonds is 3. The lowest BCUT2D eigenvalue weighted by atomic mass is 9.91. The highest BCUT2D eigenvalue weighted by Crippen LogP contribution is 2.31. The first kappa shape index (κ1) is 14.1. The van der Waals surface area contributed by atoms with Crippen LogP contribution < -0.4 is 11.1 Å². The van der Waals surface area contributed by atoms with Crippen LogP contribution in [-0.2, 0) is 10.3 Å². The van der Waals surface area contributed by atoms with Crippen LogP contribution in [0.2, 0.25) is 0 Å². The zero-order valence-electron chi connectivity index (χ0n) is 12.0. The molecule has 0 saturated heterocycles. The fraction of sp³-hybridized carbons (Fsp3) is 0.562. The Balaban J connectivity index is 2.07. The van der Waals surface area contributed by atoms with Crippen LogP contribution in [0.4, 0.5) is 0 Å². The van der Waals surface area contributed by atoms with E-state index in [-0.39, 0.29) is 11.9 Å². The number of carbonyl (C=O) groups excluding carboxylic acids is 1. The molecule has 1 aromatic rings. The third kappa shape index (κ3) is 2.81. The van der Waals surface area contributed by atoms with Gasteiger partial charge in [-0.2, -0.15) is 0 Å². The van der Waals surface area contributed by atoms with E-state index in [0.717, 1.165) is 12.0 Å². The Morgan fingerprint density at radius 2 is 1.89 bits per heavy atom. The number of hydrogen-bond donors (Lipinski definition) is 2. The average Bonchev–Trinajstić information content (AvgIpc) is 2.71. The van der Waals surface area contributed by atoms with Crippen molar-refractivity contribution < 1.29 is 4.79 Å². The van der Waals surface area contributed by atoms with Gasteiger partial charge in [0.25, 0.3) is 0 Å². The van der Waals surface area contributed by atoms with Crippen LogP contribution in [0.3, 0.4) is 0 Å². The molecule has 1 amide bonds. The lowest BCUT2D eigenvalue weighted by Gasteiger charge is -2.28. The van der Waals surface area contributed by atoms with Crippen LogP contribution in [0.1, 0.15) is 39.2 Å². The molecule has 2 rings (SSSR count). The summed E-state index contributed by atoms with van der Waals surface area (Å²) in [5.74, 6) is 1.12. The van der Waals surface area contributed by atoms with E-state index in [9.17, 15) is 4.79 Å². The van der Waals surface area contributed by atoms with Gasteiger partial charge in [-0.25, -0.2) is 0 Å². The highest BCUT2D eigenvalue weighted by molar-refractivity contribution is 5.87. The summed E-state index contributed by atoms with van der Waals surface area (Å²) in [5.41, 5.74) is 6.12. The normalized spacial score (nSPS) is 29.8. The van der Waals surface area contributed by atoms with E-state index in [0.29, 0.717) is 11.8 Å². The Kier molecular flexibility index (Phi) is 3.95. The van der Waals surface area contributed by atoms with Crippen LogP contribution in [0.15, 0.2) is 30.3 Å². The van der Waals surface area contributed by atoms with E-state index in [2.05, 4.69) is 19.2 Å². The molecule has 1 fully saturated rings. The first-order valence-corrected chi connectivity index (χ1v) is 7.08.